The van der Waals surface area contributed by atoms with Crippen molar-refractivity contribution in [2.75, 3.05) is 6.61 Å². The first-order chi connectivity index (χ1) is 8.69. The molecular formula is C11H11N3O2S2. The topological polar surface area (TPSA) is 66.6 Å². The zero-order valence-electron chi connectivity index (χ0n) is 9.58. The Hall–Kier alpha value is -1.44. The SMILES string of the molecule is C[C@@H](CO)NC(=O)c1cc2c(nc3sccn32)s1. The quantitative estimate of drug-likeness (QED) is 0.768. The average Bonchev–Trinajstić information content (AvgIpc) is 2.98. The van der Waals surface area contributed by atoms with Gasteiger partial charge in [0.25, 0.3) is 5.91 Å². The van der Waals surface area contributed by atoms with E-state index in [0.717, 1.165) is 15.3 Å². The molecule has 3 aromatic heterocycles. The molecule has 0 spiro atoms. The highest BCUT2D eigenvalue weighted by atomic mass is 32.1. The van der Waals surface area contributed by atoms with Crippen LogP contribution >= 0.6 is 22.7 Å². The number of thiazole rings is 1. The van der Waals surface area contributed by atoms with Crippen LogP contribution in [-0.4, -0.2) is 33.0 Å². The van der Waals surface area contributed by atoms with Gasteiger partial charge in [-0.1, -0.05) is 0 Å². The smallest absolute Gasteiger partial charge is 0.261 e. The Kier molecular flexibility index (Phi) is 2.81. The van der Waals surface area contributed by atoms with Crippen molar-refractivity contribution in [3.05, 3.63) is 22.5 Å². The van der Waals surface area contributed by atoms with Gasteiger partial charge in [0, 0.05) is 17.6 Å². The van der Waals surface area contributed by atoms with E-state index >= 15 is 0 Å². The van der Waals surface area contributed by atoms with Crippen molar-refractivity contribution < 1.29 is 9.90 Å². The number of aliphatic hydroxyl groups excluding tert-OH is 1. The number of carbonyl (C=O) groups is 1. The highest BCUT2D eigenvalue weighted by Gasteiger charge is 2.16. The van der Waals surface area contributed by atoms with E-state index in [9.17, 15) is 4.79 Å². The number of aliphatic hydroxyl groups is 1. The van der Waals surface area contributed by atoms with Crippen molar-refractivity contribution in [2.24, 2.45) is 0 Å². The lowest BCUT2D eigenvalue weighted by molar-refractivity contribution is 0.0926. The van der Waals surface area contributed by atoms with E-state index in [1.165, 1.54) is 11.3 Å². The lowest BCUT2D eigenvalue weighted by Gasteiger charge is -2.08. The van der Waals surface area contributed by atoms with Crippen LogP contribution in [0.15, 0.2) is 17.6 Å². The zero-order valence-corrected chi connectivity index (χ0v) is 11.2. The van der Waals surface area contributed by atoms with Gasteiger partial charge < -0.3 is 10.4 Å². The molecule has 5 nitrogen and oxygen atoms in total. The summed E-state index contributed by atoms with van der Waals surface area (Å²) in [5.41, 5.74) is 0.957. The summed E-state index contributed by atoms with van der Waals surface area (Å²) >= 11 is 2.94. The Morgan fingerprint density at radius 2 is 2.50 bits per heavy atom. The second-order valence-corrected chi connectivity index (χ2v) is 5.93. The van der Waals surface area contributed by atoms with Crippen LogP contribution in [0, 0.1) is 0 Å². The fraction of sp³-hybridized carbons (Fsp3) is 0.273. The molecule has 0 saturated carbocycles. The largest absolute Gasteiger partial charge is 0.394 e. The highest BCUT2D eigenvalue weighted by molar-refractivity contribution is 7.21. The summed E-state index contributed by atoms with van der Waals surface area (Å²) in [5, 5.41) is 13.6. The van der Waals surface area contributed by atoms with Crippen LogP contribution in [0.25, 0.3) is 15.3 Å². The second kappa shape index (κ2) is 4.34. The Labute approximate surface area is 111 Å². The molecule has 3 aromatic rings. The molecule has 3 heterocycles. The molecule has 0 aromatic carbocycles. The fourth-order valence-corrected chi connectivity index (χ4v) is 3.40. The van der Waals surface area contributed by atoms with Crippen LogP contribution < -0.4 is 5.32 Å². The molecular weight excluding hydrogens is 270 g/mol. The van der Waals surface area contributed by atoms with Crippen LogP contribution in [0.3, 0.4) is 0 Å². The van der Waals surface area contributed by atoms with Gasteiger partial charge in [-0.3, -0.25) is 9.20 Å². The molecule has 0 unspecified atom stereocenters. The molecule has 18 heavy (non-hydrogen) atoms. The van der Waals surface area contributed by atoms with Gasteiger partial charge in [0.15, 0.2) is 4.96 Å². The van der Waals surface area contributed by atoms with E-state index in [0.29, 0.717) is 4.88 Å². The maximum atomic E-state index is 11.9. The molecule has 0 bridgehead atoms. The van der Waals surface area contributed by atoms with Gasteiger partial charge in [0.2, 0.25) is 0 Å². The molecule has 1 amide bonds. The summed E-state index contributed by atoms with van der Waals surface area (Å²) in [7, 11) is 0. The normalized spacial score (nSPS) is 13.2. The van der Waals surface area contributed by atoms with Crippen molar-refractivity contribution in [1.29, 1.82) is 0 Å². The standard InChI is InChI=1S/C11H11N3O2S2/c1-6(5-15)12-9(16)8-4-7-10(18-8)13-11-14(7)2-3-17-11/h2-4,6,15H,5H2,1H3,(H,12,16)/t6-/m0/s1. The summed E-state index contributed by atoms with van der Waals surface area (Å²) in [6.45, 7) is 1.69. The lowest BCUT2D eigenvalue weighted by Crippen LogP contribution is -2.34. The van der Waals surface area contributed by atoms with Crippen LogP contribution in [-0.2, 0) is 0 Å². The number of carbonyl (C=O) groups excluding carboxylic acids is 1. The summed E-state index contributed by atoms with van der Waals surface area (Å²) < 4.78 is 1.97. The number of rotatable bonds is 3. The first kappa shape index (κ1) is 11.6. The Morgan fingerprint density at radius 3 is 3.28 bits per heavy atom. The Morgan fingerprint density at radius 1 is 1.67 bits per heavy atom. The maximum Gasteiger partial charge on any atom is 0.261 e. The number of hydrogen-bond donors (Lipinski definition) is 2. The minimum atomic E-state index is -0.240. The predicted octanol–water partition coefficient (Wildman–Crippen LogP) is 1.72. The summed E-state index contributed by atoms with van der Waals surface area (Å²) in [6, 6.07) is 1.60. The molecule has 0 aliphatic carbocycles. The maximum absolute atomic E-state index is 11.9. The van der Waals surface area contributed by atoms with Crippen molar-refractivity contribution in [3.8, 4) is 0 Å². The minimum absolute atomic E-state index is 0.0648. The molecule has 0 aliphatic heterocycles. The van der Waals surface area contributed by atoms with Gasteiger partial charge in [-0.2, -0.15) is 0 Å². The summed E-state index contributed by atoms with van der Waals surface area (Å²) in [5.74, 6) is -0.163. The van der Waals surface area contributed by atoms with E-state index in [1.54, 1.807) is 18.3 Å². The fourth-order valence-electron chi connectivity index (χ4n) is 1.70. The molecule has 2 N–H and O–H groups in total. The second-order valence-electron chi connectivity index (χ2n) is 4.03. The number of hydrogen-bond acceptors (Lipinski definition) is 5. The number of aromatic nitrogens is 2. The Bertz CT molecular complexity index is 712. The monoisotopic (exact) mass is 281 g/mol. The molecule has 3 rings (SSSR count). The Balaban J connectivity index is 1.97. The molecule has 94 valence electrons. The van der Waals surface area contributed by atoms with Crippen LogP contribution in [0.2, 0.25) is 0 Å². The first-order valence-electron chi connectivity index (χ1n) is 5.46. The predicted molar refractivity (Wildman–Crippen MR) is 72.5 cm³/mol. The van der Waals surface area contributed by atoms with E-state index in [2.05, 4.69) is 10.3 Å². The van der Waals surface area contributed by atoms with Crippen LogP contribution in [0.1, 0.15) is 16.6 Å². The number of amides is 1. The highest BCUT2D eigenvalue weighted by Crippen LogP contribution is 2.28. The minimum Gasteiger partial charge on any atom is -0.394 e. The van der Waals surface area contributed by atoms with Crippen LogP contribution in [0.4, 0.5) is 0 Å². The number of fused-ring (bicyclic) bond motifs is 3. The number of thiophene rings is 1. The molecule has 0 aliphatic rings. The third-order valence-electron chi connectivity index (χ3n) is 2.61. The zero-order chi connectivity index (χ0) is 12.7. The van der Waals surface area contributed by atoms with Crippen molar-refractivity contribution >= 4 is 43.9 Å². The molecule has 0 saturated heterocycles. The average molecular weight is 281 g/mol. The van der Waals surface area contributed by atoms with Crippen molar-refractivity contribution in [2.45, 2.75) is 13.0 Å². The van der Waals surface area contributed by atoms with Crippen LogP contribution in [0.5, 0.6) is 0 Å². The number of nitrogens with one attached hydrogen (secondary N) is 1. The van der Waals surface area contributed by atoms with Gasteiger partial charge in [-0.05, 0) is 13.0 Å². The van der Waals surface area contributed by atoms with Crippen molar-refractivity contribution in [1.82, 2.24) is 14.7 Å². The van der Waals surface area contributed by atoms with Gasteiger partial charge in [-0.15, -0.1) is 22.7 Å². The summed E-state index contributed by atoms with van der Waals surface area (Å²) in [6.07, 6.45) is 1.94. The van der Waals surface area contributed by atoms with E-state index < -0.39 is 0 Å². The van der Waals surface area contributed by atoms with Crippen molar-refractivity contribution in [3.63, 3.8) is 0 Å². The van der Waals surface area contributed by atoms with Gasteiger partial charge in [0.1, 0.15) is 4.83 Å². The molecule has 1 atom stereocenters. The number of nitrogens with zero attached hydrogens (tertiary/aromatic N) is 2. The van der Waals surface area contributed by atoms with Gasteiger partial charge in [0.05, 0.1) is 17.0 Å². The molecule has 0 radical (unpaired) electrons. The number of imidazole rings is 1. The van der Waals surface area contributed by atoms with E-state index in [1.807, 2.05) is 22.0 Å². The first-order valence-corrected chi connectivity index (χ1v) is 7.15. The van der Waals surface area contributed by atoms with Gasteiger partial charge in [-0.25, -0.2) is 4.98 Å². The van der Waals surface area contributed by atoms with Gasteiger partial charge >= 0.3 is 0 Å². The lowest BCUT2D eigenvalue weighted by atomic mass is 10.3. The van der Waals surface area contributed by atoms with E-state index in [4.69, 9.17) is 5.11 Å². The molecule has 7 heteroatoms. The molecule has 0 fully saturated rings. The van der Waals surface area contributed by atoms with E-state index in [-0.39, 0.29) is 18.6 Å². The summed E-state index contributed by atoms with van der Waals surface area (Å²) in [4.78, 5) is 18.8. The third kappa shape index (κ3) is 1.80. The third-order valence-corrected chi connectivity index (χ3v) is 4.39.